The number of amides is 1. The van der Waals surface area contributed by atoms with Gasteiger partial charge in [-0.25, -0.2) is 0 Å². The number of rotatable bonds is 9. The van der Waals surface area contributed by atoms with E-state index in [0.29, 0.717) is 35.0 Å². The number of benzene rings is 3. The van der Waals surface area contributed by atoms with Crippen LogP contribution in [0.15, 0.2) is 60.7 Å². The van der Waals surface area contributed by atoms with Crippen molar-refractivity contribution in [3.8, 4) is 11.5 Å². The Morgan fingerprint density at radius 1 is 0.976 bits per heavy atom. The van der Waals surface area contributed by atoms with E-state index >= 15 is 0 Å². The van der Waals surface area contributed by atoms with Crippen LogP contribution in [0.2, 0.25) is 5.02 Å². The summed E-state index contributed by atoms with van der Waals surface area (Å²) in [6.45, 7) is 8.63. The fourth-order valence-electron chi connectivity index (χ4n) is 6.29. The van der Waals surface area contributed by atoms with E-state index in [2.05, 4.69) is 75.0 Å². The van der Waals surface area contributed by atoms with Crippen molar-refractivity contribution >= 4 is 23.2 Å². The third-order valence-corrected chi connectivity index (χ3v) is 9.36. The highest BCUT2D eigenvalue weighted by molar-refractivity contribution is 6.30. The van der Waals surface area contributed by atoms with E-state index in [1.165, 1.54) is 18.4 Å². The molecule has 224 valence electrons. The van der Waals surface area contributed by atoms with Crippen molar-refractivity contribution in [2.75, 3.05) is 39.2 Å². The lowest BCUT2D eigenvalue weighted by atomic mass is 9.86. The first kappa shape index (κ1) is 30.4. The van der Waals surface area contributed by atoms with E-state index in [4.69, 9.17) is 21.1 Å². The lowest BCUT2D eigenvalue weighted by molar-refractivity contribution is -0.118. The smallest absolute Gasteiger partial charge is 0.232 e. The topological polar surface area (TPSA) is 45.3 Å². The van der Waals surface area contributed by atoms with E-state index in [1.807, 2.05) is 35.2 Å². The molecule has 3 aromatic carbocycles. The number of nitrogens with zero attached hydrogens (tertiary/aromatic N) is 3. The van der Waals surface area contributed by atoms with Crippen molar-refractivity contribution in [2.24, 2.45) is 0 Å². The molecule has 7 heteroatoms. The highest BCUT2D eigenvalue weighted by Gasteiger charge is 2.36. The minimum Gasteiger partial charge on any atom is -0.493 e. The molecule has 0 radical (unpaired) electrons. The van der Waals surface area contributed by atoms with Crippen LogP contribution in [0, 0.1) is 0 Å². The number of likely N-dealkylation sites (tertiary alicyclic amines) is 1. The summed E-state index contributed by atoms with van der Waals surface area (Å²) < 4.78 is 12.0. The molecule has 6 nitrogen and oxygen atoms in total. The second-order valence-electron chi connectivity index (χ2n) is 11.9. The molecule has 1 saturated heterocycles. The molecular weight excluding hydrogens is 546 g/mol. The predicted molar refractivity (Wildman–Crippen MR) is 171 cm³/mol. The zero-order valence-corrected chi connectivity index (χ0v) is 26.5. The first-order valence-corrected chi connectivity index (χ1v) is 15.5. The molecule has 0 N–H and O–H groups in total. The molecule has 0 saturated carbocycles. The number of anilines is 1. The Labute approximate surface area is 256 Å². The Kier molecular flexibility index (Phi) is 9.46. The van der Waals surface area contributed by atoms with Crippen LogP contribution in [-0.2, 0) is 11.2 Å². The van der Waals surface area contributed by atoms with Crippen LogP contribution in [0.3, 0.4) is 0 Å². The van der Waals surface area contributed by atoms with Crippen molar-refractivity contribution in [2.45, 2.75) is 70.7 Å². The number of ether oxygens (including phenoxy) is 2. The standard InChI is InChI=1S/C35H44ClN3O3/c1-7-23(2)42-33-22-31-27(20-32(33)41-6)21-34(40)39(35(31)26-8-12-28(36)13-9-26)30-14-10-25(11-15-30)24(3)38-18-16-29(17-19-38)37(4)5/h8-15,20,22-24,29,35H,7,16-19,21H2,1-6H3/t23-,24-,35+/m1/s1. The molecule has 42 heavy (non-hydrogen) atoms. The Hall–Kier alpha value is -3.06. The summed E-state index contributed by atoms with van der Waals surface area (Å²) in [5.41, 5.74) is 5.14. The summed E-state index contributed by atoms with van der Waals surface area (Å²) in [6, 6.07) is 21.1. The van der Waals surface area contributed by atoms with Gasteiger partial charge in [0, 0.05) is 35.9 Å². The van der Waals surface area contributed by atoms with Gasteiger partial charge in [-0.05, 0) is 106 Å². The van der Waals surface area contributed by atoms with Crippen LogP contribution in [0.4, 0.5) is 5.69 Å². The molecule has 1 amide bonds. The molecule has 3 atom stereocenters. The Balaban J connectivity index is 1.49. The minimum absolute atomic E-state index is 0.0375. The Bertz CT molecular complexity index is 1370. The quantitative estimate of drug-likeness (QED) is 0.262. The van der Waals surface area contributed by atoms with E-state index in [9.17, 15) is 4.79 Å². The van der Waals surface area contributed by atoms with Gasteiger partial charge in [0.2, 0.25) is 5.91 Å². The maximum atomic E-state index is 13.9. The number of carbonyl (C=O) groups excluding carboxylic acids is 1. The zero-order chi connectivity index (χ0) is 30.0. The van der Waals surface area contributed by atoms with E-state index in [1.54, 1.807) is 7.11 Å². The van der Waals surface area contributed by atoms with Crippen LogP contribution >= 0.6 is 11.6 Å². The molecule has 0 unspecified atom stereocenters. The number of methoxy groups -OCH3 is 1. The van der Waals surface area contributed by atoms with Crippen LogP contribution < -0.4 is 14.4 Å². The molecule has 0 spiro atoms. The SMILES string of the molecule is CC[C@@H](C)Oc1cc2c(cc1OC)CC(=O)N(c1ccc([C@@H](C)N3CCC(N(C)C)CC3)cc1)[C@H]2c1ccc(Cl)cc1. The van der Waals surface area contributed by atoms with Crippen molar-refractivity contribution in [1.82, 2.24) is 9.80 Å². The fraction of sp³-hybridized carbons (Fsp3) is 0.457. The summed E-state index contributed by atoms with van der Waals surface area (Å²) in [5.74, 6) is 1.39. The van der Waals surface area contributed by atoms with Crippen molar-refractivity contribution in [3.05, 3.63) is 87.9 Å². The van der Waals surface area contributed by atoms with Gasteiger partial charge in [-0.2, -0.15) is 0 Å². The average Bonchev–Trinajstić information content (AvgIpc) is 3.00. The van der Waals surface area contributed by atoms with Crippen LogP contribution in [0.25, 0.3) is 0 Å². The Morgan fingerprint density at radius 2 is 1.64 bits per heavy atom. The predicted octanol–water partition coefficient (Wildman–Crippen LogP) is 7.29. The molecule has 0 bridgehead atoms. The second kappa shape index (κ2) is 13.1. The highest BCUT2D eigenvalue weighted by Crippen LogP contribution is 2.44. The monoisotopic (exact) mass is 589 g/mol. The lowest BCUT2D eigenvalue weighted by Crippen LogP contribution is -2.42. The maximum Gasteiger partial charge on any atom is 0.232 e. The van der Waals surface area contributed by atoms with Gasteiger partial charge in [0.15, 0.2) is 11.5 Å². The van der Waals surface area contributed by atoms with Crippen molar-refractivity contribution in [1.29, 1.82) is 0 Å². The summed E-state index contributed by atoms with van der Waals surface area (Å²) >= 11 is 6.28. The number of hydrogen-bond donors (Lipinski definition) is 0. The van der Waals surface area contributed by atoms with Crippen molar-refractivity contribution in [3.63, 3.8) is 0 Å². The highest BCUT2D eigenvalue weighted by atomic mass is 35.5. The van der Waals surface area contributed by atoms with Crippen LogP contribution in [-0.4, -0.2) is 62.1 Å². The first-order chi connectivity index (χ1) is 20.2. The minimum atomic E-state index is -0.322. The molecule has 2 aliphatic heterocycles. The molecule has 2 heterocycles. The summed E-state index contributed by atoms with van der Waals surface area (Å²) in [4.78, 5) is 20.7. The van der Waals surface area contributed by atoms with Gasteiger partial charge >= 0.3 is 0 Å². The summed E-state index contributed by atoms with van der Waals surface area (Å²) in [5, 5.41) is 0.663. The first-order valence-electron chi connectivity index (χ1n) is 15.2. The molecule has 0 aromatic heterocycles. The molecule has 5 rings (SSSR count). The number of fused-ring (bicyclic) bond motifs is 1. The van der Waals surface area contributed by atoms with Gasteiger partial charge in [-0.15, -0.1) is 0 Å². The second-order valence-corrected chi connectivity index (χ2v) is 12.4. The maximum absolute atomic E-state index is 13.9. The third-order valence-electron chi connectivity index (χ3n) is 9.11. The summed E-state index contributed by atoms with van der Waals surface area (Å²) in [6.07, 6.45) is 3.58. The number of hydrogen-bond acceptors (Lipinski definition) is 5. The van der Waals surface area contributed by atoms with Gasteiger partial charge in [-0.1, -0.05) is 42.8 Å². The normalized spacial score (nSPS) is 19.5. The molecule has 0 aliphatic carbocycles. The van der Waals surface area contributed by atoms with E-state index in [-0.39, 0.29) is 18.1 Å². The van der Waals surface area contributed by atoms with Crippen LogP contribution in [0.1, 0.15) is 74.4 Å². The van der Waals surface area contributed by atoms with Gasteiger partial charge in [0.1, 0.15) is 0 Å². The van der Waals surface area contributed by atoms with E-state index in [0.717, 1.165) is 41.9 Å². The van der Waals surface area contributed by atoms with Gasteiger partial charge in [-0.3, -0.25) is 9.69 Å². The number of piperidine rings is 1. The fourth-order valence-corrected chi connectivity index (χ4v) is 6.41. The molecule has 2 aliphatic rings. The molecule has 3 aromatic rings. The summed E-state index contributed by atoms with van der Waals surface area (Å²) in [7, 11) is 6.00. The van der Waals surface area contributed by atoms with E-state index < -0.39 is 0 Å². The average molecular weight is 590 g/mol. The largest absolute Gasteiger partial charge is 0.493 e. The lowest BCUT2D eigenvalue weighted by Gasteiger charge is -2.39. The molecule has 1 fully saturated rings. The Morgan fingerprint density at radius 3 is 2.24 bits per heavy atom. The third kappa shape index (κ3) is 6.31. The number of carbonyl (C=O) groups is 1. The number of halogens is 1. The zero-order valence-electron chi connectivity index (χ0n) is 25.8. The molecular formula is C35H44ClN3O3. The van der Waals surface area contributed by atoms with Crippen LogP contribution in [0.5, 0.6) is 11.5 Å². The van der Waals surface area contributed by atoms with Gasteiger partial charge in [0.05, 0.1) is 25.7 Å². The van der Waals surface area contributed by atoms with Gasteiger partial charge in [0.25, 0.3) is 0 Å². The van der Waals surface area contributed by atoms with Gasteiger partial charge < -0.3 is 19.3 Å². The van der Waals surface area contributed by atoms with Crippen molar-refractivity contribution < 1.29 is 14.3 Å².